The third-order valence-corrected chi connectivity index (χ3v) is 6.21. The van der Waals surface area contributed by atoms with Gasteiger partial charge in [-0.2, -0.15) is 0 Å². The van der Waals surface area contributed by atoms with Crippen LogP contribution in [0.5, 0.6) is 5.75 Å². The monoisotopic (exact) mass is 426 g/mol. The SMILES string of the molecule is CCCCCCCc1ccc(-c2ccc3c(F)c(-c4ccc(OC)cc4)ccc3c2)cc1. The average molecular weight is 427 g/mol. The Balaban J connectivity index is 1.52. The fraction of sp³-hybridized carbons (Fsp3) is 0.267. The smallest absolute Gasteiger partial charge is 0.138 e. The highest BCUT2D eigenvalue weighted by Crippen LogP contribution is 2.32. The molecule has 0 heterocycles. The highest BCUT2D eigenvalue weighted by molar-refractivity contribution is 5.91. The largest absolute Gasteiger partial charge is 0.497 e. The second kappa shape index (κ2) is 10.5. The van der Waals surface area contributed by atoms with Gasteiger partial charge in [-0.3, -0.25) is 0 Å². The number of benzene rings is 4. The highest BCUT2D eigenvalue weighted by atomic mass is 19.1. The van der Waals surface area contributed by atoms with E-state index >= 15 is 4.39 Å². The second-order valence-electron chi connectivity index (χ2n) is 8.45. The van der Waals surface area contributed by atoms with E-state index < -0.39 is 0 Å². The lowest BCUT2D eigenvalue weighted by atomic mass is 9.96. The van der Waals surface area contributed by atoms with Crippen LogP contribution in [0.4, 0.5) is 4.39 Å². The van der Waals surface area contributed by atoms with Crippen LogP contribution in [-0.4, -0.2) is 7.11 Å². The van der Waals surface area contributed by atoms with Gasteiger partial charge >= 0.3 is 0 Å². The lowest BCUT2D eigenvalue weighted by molar-refractivity contribution is 0.415. The van der Waals surface area contributed by atoms with Gasteiger partial charge in [-0.05, 0) is 58.7 Å². The van der Waals surface area contributed by atoms with Crippen molar-refractivity contribution in [3.63, 3.8) is 0 Å². The summed E-state index contributed by atoms with van der Waals surface area (Å²) in [5, 5.41) is 1.56. The van der Waals surface area contributed by atoms with Gasteiger partial charge in [0, 0.05) is 10.9 Å². The van der Waals surface area contributed by atoms with Crippen molar-refractivity contribution in [2.45, 2.75) is 45.4 Å². The van der Waals surface area contributed by atoms with E-state index in [0.29, 0.717) is 10.9 Å². The van der Waals surface area contributed by atoms with E-state index in [4.69, 9.17) is 4.74 Å². The maximum Gasteiger partial charge on any atom is 0.138 e. The molecule has 0 aliphatic carbocycles. The number of halogens is 1. The van der Waals surface area contributed by atoms with Crippen LogP contribution >= 0.6 is 0 Å². The van der Waals surface area contributed by atoms with Crippen LogP contribution in [0.1, 0.15) is 44.6 Å². The van der Waals surface area contributed by atoms with Crippen LogP contribution in [0.25, 0.3) is 33.0 Å². The van der Waals surface area contributed by atoms with Crippen molar-refractivity contribution in [2.24, 2.45) is 0 Å². The van der Waals surface area contributed by atoms with Crippen LogP contribution in [0.15, 0.2) is 78.9 Å². The molecule has 0 aromatic heterocycles. The molecule has 2 heteroatoms. The lowest BCUT2D eigenvalue weighted by Gasteiger charge is -2.10. The van der Waals surface area contributed by atoms with E-state index in [2.05, 4.69) is 37.3 Å². The van der Waals surface area contributed by atoms with Crippen molar-refractivity contribution >= 4 is 10.8 Å². The van der Waals surface area contributed by atoms with E-state index in [-0.39, 0.29) is 5.82 Å². The standard InChI is InChI=1S/C30H31FO/c1-3-4-5-6-7-8-22-9-11-23(12-10-22)25-15-19-29-26(21-25)16-20-28(30(29)31)24-13-17-27(32-2)18-14-24/h9-21H,3-8H2,1-2H3. The number of methoxy groups -OCH3 is 1. The molecule has 4 aromatic rings. The van der Waals surface area contributed by atoms with Crippen LogP contribution < -0.4 is 4.74 Å². The van der Waals surface area contributed by atoms with Crippen molar-refractivity contribution in [1.29, 1.82) is 0 Å². The Morgan fingerprint density at radius 3 is 2.09 bits per heavy atom. The minimum atomic E-state index is -0.183. The lowest BCUT2D eigenvalue weighted by Crippen LogP contribution is -1.89. The van der Waals surface area contributed by atoms with Crippen molar-refractivity contribution in [3.8, 4) is 28.0 Å². The summed E-state index contributed by atoms with van der Waals surface area (Å²) in [7, 11) is 1.63. The molecule has 0 N–H and O–H groups in total. The summed E-state index contributed by atoms with van der Waals surface area (Å²) in [6, 6.07) is 26.2. The molecule has 0 unspecified atom stereocenters. The molecule has 0 spiro atoms. The van der Waals surface area contributed by atoms with Crippen molar-refractivity contribution in [3.05, 3.63) is 90.2 Å². The first-order chi connectivity index (χ1) is 15.7. The van der Waals surface area contributed by atoms with E-state index in [9.17, 15) is 0 Å². The predicted octanol–water partition coefficient (Wildman–Crippen LogP) is 8.83. The van der Waals surface area contributed by atoms with E-state index in [1.54, 1.807) is 7.11 Å². The van der Waals surface area contributed by atoms with E-state index in [1.165, 1.54) is 43.2 Å². The van der Waals surface area contributed by atoms with Gasteiger partial charge in [0.05, 0.1) is 7.11 Å². The fourth-order valence-corrected chi connectivity index (χ4v) is 4.26. The third kappa shape index (κ3) is 5.02. The maximum atomic E-state index is 15.3. The topological polar surface area (TPSA) is 9.23 Å². The number of aryl methyl sites for hydroxylation is 1. The van der Waals surface area contributed by atoms with Crippen LogP contribution in [0.3, 0.4) is 0 Å². The third-order valence-electron chi connectivity index (χ3n) is 6.21. The molecule has 0 radical (unpaired) electrons. The molecule has 0 amide bonds. The van der Waals surface area contributed by atoms with Gasteiger partial charge in [-0.15, -0.1) is 0 Å². The number of rotatable bonds is 9. The summed E-state index contributed by atoms with van der Waals surface area (Å²) >= 11 is 0. The van der Waals surface area contributed by atoms with Crippen LogP contribution in [-0.2, 0) is 6.42 Å². The molecule has 1 nitrogen and oxygen atoms in total. The summed E-state index contributed by atoms with van der Waals surface area (Å²) in [6.07, 6.45) is 7.66. The summed E-state index contributed by atoms with van der Waals surface area (Å²) in [4.78, 5) is 0. The molecule has 4 aromatic carbocycles. The maximum absolute atomic E-state index is 15.3. The Hall–Kier alpha value is -3.13. The molecule has 0 aliphatic rings. The quantitative estimate of drug-likeness (QED) is 0.243. The van der Waals surface area contributed by atoms with Crippen molar-refractivity contribution < 1.29 is 9.13 Å². The number of unbranched alkanes of at least 4 members (excludes halogenated alkanes) is 4. The first kappa shape index (κ1) is 22.1. The molecule has 0 saturated heterocycles. The van der Waals surface area contributed by atoms with Crippen LogP contribution in [0, 0.1) is 5.82 Å². The van der Waals surface area contributed by atoms with Gasteiger partial charge < -0.3 is 4.74 Å². The molecular weight excluding hydrogens is 395 g/mol. The molecule has 0 aliphatic heterocycles. The Kier molecular flexibility index (Phi) is 7.21. The highest BCUT2D eigenvalue weighted by Gasteiger charge is 2.11. The Bertz CT molecular complexity index is 1160. The van der Waals surface area contributed by atoms with Gasteiger partial charge in [-0.25, -0.2) is 4.39 Å². The molecular formula is C30H31FO. The summed E-state index contributed by atoms with van der Waals surface area (Å²) in [6.45, 7) is 2.25. The molecule has 0 atom stereocenters. The van der Waals surface area contributed by atoms with Gasteiger partial charge in [0.2, 0.25) is 0 Å². The average Bonchev–Trinajstić information content (AvgIpc) is 2.84. The molecule has 0 fully saturated rings. The van der Waals surface area contributed by atoms with E-state index in [0.717, 1.165) is 28.7 Å². The minimum Gasteiger partial charge on any atom is -0.497 e. The number of hydrogen-bond donors (Lipinski definition) is 0. The number of fused-ring (bicyclic) bond motifs is 1. The Labute approximate surface area is 190 Å². The summed E-state index contributed by atoms with van der Waals surface area (Å²) < 4.78 is 20.5. The molecule has 4 rings (SSSR count). The molecule has 0 saturated carbocycles. The Morgan fingerprint density at radius 1 is 0.688 bits per heavy atom. The van der Waals surface area contributed by atoms with Gasteiger partial charge in [0.1, 0.15) is 11.6 Å². The van der Waals surface area contributed by atoms with E-state index in [1.807, 2.05) is 48.5 Å². The predicted molar refractivity (Wildman–Crippen MR) is 134 cm³/mol. The zero-order chi connectivity index (χ0) is 22.3. The minimum absolute atomic E-state index is 0.183. The molecule has 32 heavy (non-hydrogen) atoms. The zero-order valence-corrected chi connectivity index (χ0v) is 19.0. The molecule has 164 valence electrons. The molecule has 0 bridgehead atoms. The van der Waals surface area contributed by atoms with Gasteiger partial charge in [-0.1, -0.05) is 93.3 Å². The number of ether oxygens (including phenoxy) is 1. The number of hydrogen-bond acceptors (Lipinski definition) is 1. The Morgan fingerprint density at radius 2 is 1.38 bits per heavy atom. The fourth-order valence-electron chi connectivity index (χ4n) is 4.26. The summed E-state index contributed by atoms with van der Waals surface area (Å²) in [5.74, 6) is 0.583. The van der Waals surface area contributed by atoms with Gasteiger partial charge in [0.15, 0.2) is 0 Å². The van der Waals surface area contributed by atoms with Crippen LogP contribution in [0.2, 0.25) is 0 Å². The van der Waals surface area contributed by atoms with Crippen molar-refractivity contribution in [2.75, 3.05) is 7.11 Å². The first-order valence-electron chi connectivity index (χ1n) is 11.7. The van der Waals surface area contributed by atoms with Gasteiger partial charge in [0.25, 0.3) is 0 Å². The first-order valence-corrected chi connectivity index (χ1v) is 11.7. The second-order valence-corrected chi connectivity index (χ2v) is 8.45. The zero-order valence-electron chi connectivity index (χ0n) is 19.0. The summed E-state index contributed by atoms with van der Waals surface area (Å²) in [5.41, 5.74) is 5.13. The van der Waals surface area contributed by atoms with Crippen molar-refractivity contribution in [1.82, 2.24) is 0 Å². The normalized spacial score (nSPS) is 11.1.